The van der Waals surface area contributed by atoms with E-state index in [9.17, 15) is 4.79 Å². The van der Waals surface area contributed by atoms with E-state index in [0.717, 1.165) is 79.0 Å². The summed E-state index contributed by atoms with van der Waals surface area (Å²) in [7, 11) is 4.13. The van der Waals surface area contributed by atoms with Gasteiger partial charge >= 0.3 is 0 Å². The van der Waals surface area contributed by atoms with E-state index in [0.29, 0.717) is 12.3 Å². The number of hydrogen-bond donors (Lipinski definition) is 1. The Morgan fingerprint density at radius 3 is 2.81 bits per heavy atom. The molecule has 1 saturated heterocycles. The van der Waals surface area contributed by atoms with Gasteiger partial charge in [0, 0.05) is 62.2 Å². The summed E-state index contributed by atoms with van der Waals surface area (Å²) in [5, 5.41) is 8.72. The van der Waals surface area contributed by atoms with Crippen molar-refractivity contribution in [3.05, 3.63) is 77.4 Å². The third kappa shape index (κ3) is 4.98. The van der Waals surface area contributed by atoms with Gasteiger partial charge in [-0.15, -0.1) is 0 Å². The fraction of sp³-hybridized carbons (Fsp3) is 0.355. The van der Waals surface area contributed by atoms with Gasteiger partial charge in [0.1, 0.15) is 5.75 Å². The highest BCUT2D eigenvalue weighted by Crippen LogP contribution is 2.33. The SMILES string of the molecule is CN(C)c1ccc(CN2CCC[C@@H](CC(=O)c3ccc4[nH]nc(-c5ccc6c(c5)CCO6)c4c3)C2)cc1. The molecular weight excluding hydrogens is 460 g/mol. The molecule has 6 rings (SSSR count). The second-order valence-electron chi connectivity index (χ2n) is 10.7. The summed E-state index contributed by atoms with van der Waals surface area (Å²) in [6.07, 6.45) is 3.76. The van der Waals surface area contributed by atoms with E-state index in [1.165, 1.54) is 16.8 Å². The number of fused-ring (bicyclic) bond motifs is 2. The molecule has 1 N–H and O–H groups in total. The standard InChI is InChI=1S/C31H34N4O2/c1-34(2)26-9-5-21(6-10-26)19-35-14-3-4-22(20-35)16-29(36)23-7-11-28-27(18-23)31(33-32-28)25-8-12-30-24(17-25)13-15-37-30/h5-12,17-18,22H,3-4,13-16,19-20H2,1-2H3,(H,32,33)/t22-/m0/s1. The molecule has 0 aliphatic carbocycles. The van der Waals surface area contributed by atoms with Crippen LogP contribution in [0.1, 0.15) is 40.7 Å². The number of benzene rings is 3. The molecule has 1 atom stereocenters. The zero-order valence-electron chi connectivity index (χ0n) is 21.7. The van der Waals surface area contributed by atoms with Gasteiger partial charge in [0.05, 0.1) is 17.8 Å². The molecule has 6 nitrogen and oxygen atoms in total. The summed E-state index contributed by atoms with van der Waals surface area (Å²) in [4.78, 5) is 18.0. The first-order chi connectivity index (χ1) is 18.0. The maximum Gasteiger partial charge on any atom is 0.163 e. The third-order valence-electron chi connectivity index (χ3n) is 7.78. The maximum atomic E-state index is 13.4. The second-order valence-corrected chi connectivity index (χ2v) is 10.7. The Morgan fingerprint density at radius 2 is 1.97 bits per heavy atom. The number of nitrogens with one attached hydrogen (secondary N) is 1. The molecule has 37 heavy (non-hydrogen) atoms. The van der Waals surface area contributed by atoms with Crippen LogP contribution in [0, 0.1) is 5.92 Å². The highest BCUT2D eigenvalue weighted by molar-refractivity contribution is 6.02. The van der Waals surface area contributed by atoms with E-state index in [4.69, 9.17) is 4.74 Å². The zero-order valence-corrected chi connectivity index (χ0v) is 21.7. The Hall–Kier alpha value is -3.64. The van der Waals surface area contributed by atoms with Crippen molar-refractivity contribution in [3.63, 3.8) is 0 Å². The number of carbonyl (C=O) groups is 1. The Morgan fingerprint density at radius 1 is 1.11 bits per heavy atom. The van der Waals surface area contributed by atoms with Gasteiger partial charge in [-0.25, -0.2) is 0 Å². The number of ketones is 1. The molecule has 0 unspecified atom stereocenters. The molecule has 1 aromatic heterocycles. The molecule has 0 amide bonds. The van der Waals surface area contributed by atoms with Crippen LogP contribution in [0.3, 0.4) is 0 Å². The molecular formula is C31H34N4O2. The van der Waals surface area contributed by atoms with Crippen LogP contribution in [0.4, 0.5) is 5.69 Å². The molecule has 3 heterocycles. The second kappa shape index (κ2) is 10.0. The van der Waals surface area contributed by atoms with Gasteiger partial charge in [0.2, 0.25) is 0 Å². The van der Waals surface area contributed by atoms with Crippen molar-refractivity contribution in [2.45, 2.75) is 32.2 Å². The largest absolute Gasteiger partial charge is 0.493 e. The van der Waals surface area contributed by atoms with Gasteiger partial charge in [-0.2, -0.15) is 5.10 Å². The number of H-pyrrole nitrogens is 1. The van der Waals surface area contributed by atoms with Gasteiger partial charge in [-0.05, 0) is 85.0 Å². The lowest BCUT2D eigenvalue weighted by Crippen LogP contribution is -2.35. The summed E-state index contributed by atoms with van der Waals surface area (Å²) in [5.74, 6) is 1.57. The molecule has 0 bridgehead atoms. The third-order valence-corrected chi connectivity index (χ3v) is 7.78. The first-order valence-electron chi connectivity index (χ1n) is 13.3. The van der Waals surface area contributed by atoms with Gasteiger partial charge in [-0.1, -0.05) is 12.1 Å². The van der Waals surface area contributed by atoms with Gasteiger partial charge < -0.3 is 9.64 Å². The number of piperidine rings is 1. The van der Waals surface area contributed by atoms with E-state index in [-0.39, 0.29) is 5.78 Å². The summed E-state index contributed by atoms with van der Waals surface area (Å²) in [6.45, 7) is 3.74. The number of ether oxygens (including phenoxy) is 1. The highest BCUT2D eigenvalue weighted by atomic mass is 16.5. The molecule has 190 valence electrons. The number of nitrogens with zero attached hydrogens (tertiary/aromatic N) is 3. The fourth-order valence-corrected chi connectivity index (χ4v) is 5.74. The Balaban J connectivity index is 1.14. The molecule has 6 heteroatoms. The molecule has 2 aliphatic rings. The minimum Gasteiger partial charge on any atom is -0.493 e. The molecule has 1 fully saturated rings. The Bertz CT molecular complexity index is 1420. The molecule has 3 aromatic carbocycles. The van der Waals surface area contributed by atoms with Crippen molar-refractivity contribution in [1.29, 1.82) is 0 Å². The van der Waals surface area contributed by atoms with Crippen LogP contribution in [-0.2, 0) is 13.0 Å². The fourth-order valence-electron chi connectivity index (χ4n) is 5.74. The smallest absolute Gasteiger partial charge is 0.163 e. The van der Waals surface area contributed by atoms with Crippen molar-refractivity contribution in [2.75, 3.05) is 38.7 Å². The van der Waals surface area contributed by atoms with Crippen LogP contribution in [0.25, 0.3) is 22.2 Å². The van der Waals surface area contributed by atoms with Crippen LogP contribution in [0.15, 0.2) is 60.7 Å². The van der Waals surface area contributed by atoms with Gasteiger partial charge in [0.15, 0.2) is 5.78 Å². The van der Waals surface area contributed by atoms with Crippen molar-refractivity contribution in [3.8, 4) is 17.0 Å². The average molecular weight is 495 g/mol. The monoisotopic (exact) mass is 494 g/mol. The Labute approximate surface area is 218 Å². The summed E-state index contributed by atoms with van der Waals surface area (Å²) < 4.78 is 5.66. The van der Waals surface area contributed by atoms with Crippen molar-refractivity contribution < 1.29 is 9.53 Å². The summed E-state index contributed by atoms with van der Waals surface area (Å²) >= 11 is 0. The molecule has 2 aliphatic heterocycles. The van der Waals surface area contributed by atoms with E-state index in [1.807, 2.05) is 24.3 Å². The minimum atomic E-state index is 0.221. The van der Waals surface area contributed by atoms with Crippen molar-refractivity contribution in [2.24, 2.45) is 5.92 Å². The highest BCUT2D eigenvalue weighted by Gasteiger charge is 2.24. The maximum absolute atomic E-state index is 13.4. The predicted octanol–water partition coefficient (Wildman–Crippen LogP) is 5.72. The van der Waals surface area contributed by atoms with Crippen molar-refractivity contribution >= 4 is 22.4 Å². The summed E-state index contributed by atoms with van der Waals surface area (Å²) in [5.41, 5.74) is 7.44. The average Bonchev–Trinajstić information content (AvgIpc) is 3.55. The first-order valence-corrected chi connectivity index (χ1v) is 13.3. The number of carbonyl (C=O) groups excluding carboxylic acids is 1. The van der Waals surface area contributed by atoms with Crippen LogP contribution < -0.4 is 9.64 Å². The van der Waals surface area contributed by atoms with E-state index in [2.05, 4.69) is 70.5 Å². The lowest BCUT2D eigenvalue weighted by atomic mass is 9.90. The lowest BCUT2D eigenvalue weighted by Gasteiger charge is -2.32. The minimum absolute atomic E-state index is 0.221. The predicted molar refractivity (Wildman–Crippen MR) is 148 cm³/mol. The van der Waals surface area contributed by atoms with Gasteiger partial charge in [-0.3, -0.25) is 14.8 Å². The van der Waals surface area contributed by atoms with Crippen LogP contribution in [-0.4, -0.2) is 54.7 Å². The number of anilines is 1. The first kappa shape index (κ1) is 23.7. The van der Waals surface area contributed by atoms with Crippen LogP contribution in [0.2, 0.25) is 0 Å². The van der Waals surface area contributed by atoms with Crippen molar-refractivity contribution in [1.82, 2.24) is 15.1 Å². The normalized spacial score (nSPS) is 17.5. The van der Waals surface area contributed by atoms with Crippen LogP contribution in [0.5, 0.6) is 5.75 Å². The Kier molecular flexibility index (Phi) is 6.43. The number of aromatic nitrogens is 2. The molecule has 4 aromatic rings. The lowest BCUT2D eigenvalue weighted by molar-refractivity contribution is 0.0913. The quantitative estimate of drug-likeness (QED) is 0.333. The van der Waals surface area contributed by atoms with Crippen LogP contribution >= 0.6 is 0 Å². The summed E-state index contributed by atoms with van der Waals surface area (Å²) in [6, 6.07) is 21.0. The number of aromatic amines is 1. The molecule has 0 radical (unpaired) electrons. The molecule has 0 saturated carbocycles. The molecule has 0 spiro atoms. The number of Topliss-reactive ketones (excluding diaryl/α,β-unsaturated/α-hetero) is 1. The van der Waals surface area contributed by atoms with E-state index in [1.54, 1.807) is 0 Å². The van der Waals surface area contributed by atoms with Gasteiger partial charge in [0.25, 0.3) is 0 Å². The topological polar surface area (TPSA) is 61.5 Å². The number of rotatable bonds is 7. The number of hydrogen-bond acceptors (Lipinski definition) is 5. The van der Waals surface area contributed by atoms with E-state index < -0.39 is 0 Å². The zero-order chi connectivity index (χ0) is 25.4. The van der Waals surface area contributed by atoms with E-state index >= 15 is 0 Å². The number of likely N-dealkylation sites (tertiary alicyclic amines) is 1.